The molecule has 7 rings (SSSR count). The van der Waals surface area contributed by atoms with E-state index in [9.17, 15) is 0 Å². The molecule has 5 heteroatoms. The minimum atomic E-state index is -0.0990. The molecule has 0 aromatic heterocycles. The minimum absolute atomic E-state index is 0.0990. The fraction of sp³-hybridized carbons (Fsp3) is 0.556. The first kappa shape index (κ1) is 12.4. The number of aliphatic imine (C=N–C) groups is 2. The molecule has 0 saturated heterocycles. The topological polar surface area (TPSA) is 58.0 Å². The van der Waals surface area contributed by atoms with Gasteiger partial charge in [0.1, 0.15) is 22.9 Å². The van der Waals surface area contributed by atoms with E-state index in [1.54, 1.807) is 6.26 Å². The summed E-state index contributed by atoms with van der Waals surface area (Å²) in [5.74, 6) is 4.86. The van der Waals surface area contributed by atoms with Crippen molar-refractivity contribution >= 4 is 12.1 Å². The van der Waals surface area contributed by atoms with Crippen molar-refractivity contribution in [1.82, 2.24) is 10.6 Å². The van der Waals surface area contributed by atoms with Crippen LogP contribution in [0.25, 0.3) is 0 Å². The first-order chi connectivity index (χ1) is 11.3. The lowest BCUT2D eigenvalue weighted by molar-refractivity contribution is -0.0663. The van der Waals surface area contributed by atoms with E-state index < -0.39 is 0 Å². The number of fused-ring (bicyclic) bond motifs is 1. The third kappa shape index (κ3) is 1.57. The maximum absolute atomic E-state index is 5.48. The SMILES string of the molecule is C1=COC2=NC3=C(NC2=C1)NC1(N=C3)C2CC3CC(C2)CC1C3. The predicted octanol–water partition coefficient (Wildman–Crippen LogP) is 2.41. The lowest BCUT2D eigenvalue weighted by Crippen LogP contribution is -2.65. The van der Waals surface area contributed by atoms with Crippen LogP contribution in [0.3, 0.4) is 0 Å². The molecule has 2 N–H and O–H groups in total. The van der Waals surface area contributed by atoms with Crippen LogP contribution in [-0.2, 0) is 4.74 Å². The smallest absolute Gasteiger partial charge is 0.243 e. The zero-order valence-corrected chi connectivity index (χ0v) is 13.0. The van der Waals surface area contributed by atoms with Crippen LogP contribution in [0.4, 0.5) is 0 Å². The Morgan fingerprint density at radius 2 is 1.87 bits per heavy atom. The van der Waals surface area contributed by atoms with Gasteiger partial charge in [-0.15, -0.1) is 0 Å². The minimum Gasteiger partial charge on any atom is -0.445 e. The van der Waals surface area contributed by atoms with E-state index in [0.717, 1.165) is 29.1 Å². The highest BCUT2D eigenvalue weighted by molar-refractivity contribution is 6.00. The second kappa shape index (κ2) is 4.08. The fourth-order valence-electron chi connectivity index (χ4n) is 5.83. The summed E-state index contributed by atoms with van der Waals surface area (Å²) >= 11 is 0. The second-order valence-corrected chi connectivity index (χ2v) is 7.84. The van der Waals surface area contributed by atoms with E-state index in [0.29, 0.717) is 17.7 Å². The van der Waals surface area contributed by atoms with E-state index in [4.69, 9.17) is 9.73 Å². The van der Waals surface area contributed by atoms with Crippen LogP contribution in [0.2, 0.25) is 0 Å². The summed E-state index contributed by atoms with van der Waals surface area (Å²) < 4.78 is 5.48. The van der Waals surface area contributed by atoms with Gasteiger partial charge in [-0.2, -0.15) is 0 Å². The second-order valence-electron chi connectivity index (χ2n) is 7.84. The average molecular weight is 308 g/mol. The molecule has 0 aromatic carbocycles. The molecule has 4 saturated carbocycles. The molecule has 23 heavy (non-hydrogen) atoms. The van der Waals surface area contributed by atoms with Gasteiger partial charge in [0.15, 0.2) is 0 Å². The summed E-state index contributed by atoms with van der Waals surface area (Å²) in [6.45, 7) is 0. The Hall–Kier alpha value is -2.04. The van der Waals surface area contributed by atoms with Gasteiger partial charge in [0.25, 0.3) is 0 Å². The lowest BCUT2D eigenvalue weighted by atomic mass is 9.51. The Labute approximate surface area is 135 Å². The van der Waals surface area contributed by atoms with Gasteiger partial charge in [0, 0.05) is 11.8 Å². The number of rotatable bonds is 0. The molecule has 4 fully saturated rings. The molecule has 5 nitrogen and oxygen atoms in total. The lowest BCUT2D eigenvalue weighted by Gasteiger charge is -2.60. The van der Waals surface area contributed by atoms with E-state index in [1.807, 2.05) is 18.4 Å². The van der Waals surface area contributed by atoms with Gasteiger partial charge >= 0.3 is 0 Å². The fourth-order valence-corrected chi connectivity index (χ4v) is 5.83. The van der Waals surface area contributed by atoms with Gasteiger partial charge in [-0.3, -0.25) is 4.99 Å². The third-order valence-corrected chi connectivity index (χ3v) is 6.60. The molecule has 0 aromatic rings. The summed E-state index contributed by atoms with van der Waals surface area (Å²) in [7, 11) is 0. The molecule has 7 aliphatic rings. The number of ether oxygens (including phenoxy) is 1. The number of nitrogens with zero attached hydrogens (tertiary/aromatic N) is 2. The third-order valence-electron chi connectivity index (χ3n) is 6.60. The highest BCUT2D eigenvalue weighted by atomic mass is 16.5. The summed E-state index contributed by atoms with van der Waals surface area (Å²) in [5, 5.41) is 7.26. The van der Waals surface area contributed by atoms with Crippen molar-refractivity contribution in [2.75, 3.05) is 0 Å². The van der Waals surface area contributed by atoms with Crippen molar-refractivity contribution in [2.45, 2.75) is 37.8 Å². The largest absolute Gasteiger partial charge is 0.445 e. The molecule has 1 spiro atoms. The molecule has 3 aliphatic heterocycles. The van der Waals surface area contributed by atoms with Crippen LogP contribution in [0.15, 0.2) is 45.6 Å². The Morgan fingerprint density at radius 1 is 1.09 bits per heavy atom. The van der Waals surface area contributed by atoms with Crippen LogP contribution in [0, 0.1) is 23.7 Å². The monoisotopic (exact) mass is 308 g/mol. The summed E-state index contributed by atoms with van der Waals surface area (Å²) in [5.41, 5.74) is 1.68. The van der Waals surface area contributed by atoms with E-state index in [1.165, 1.54) is 32.1 Å². The number of allylic oxidation sites excluding steroid dienone is 3. The maximum Gasteiger partial charge on any atom is 0.243 e. The van der Waals surface area contributed by atoms with Gasteiger partial charge in [0.2, 0.25) is 5.90 Å². The van der Waals surface area contributed by atoms with Gasteiger partial charge in [-0.1, -0.05) is 0 Å². The highest BCUT2D eigenvalue weighted by Crippen LogP contribution is 2.59. The van der Waals surface area contributed by atoms with Gasteiger partial charge in [-0.25, -0.2) is 4.99 Å². The Balaban J connectivity index is 1.38. The molecular formula is C18H20N4O. The molecule has 0 unspecified atom stereocenters. The van der Waals surface area contributed by atoms with E-state index in [2.05, 4.69) is 15.6 Å². The molecule has 4 bridgehead atoms. The quantitative estimate of drug-likeness (QED) is 0.722. The maximum atomic E-state index is 5.48. The van der Waals surface area contributed by atoms with Crippen LogP contribution < -0.4 is 10.6 Å². The van der Waals surface area contributed by atoms with Crippen molar-refractivity contribution in [3.8, 4) is 0 Å². The van der Waals surface area contributed by atoms with Crippen molar-refractivity contribution in [3.05, 3.63) is 35.6 Å². The molecule has 0 atom stereocenters. The number of hydrogen-bond acceptors (Lipinski definition) is 5. The molecule has 3 heterocycles. The van der Waals surface area contributed by atoms with Crippen molar-refractivity contribution in [2.24, 2.45) is 33.7 Å². The first-order valence-electron chi connectivity index (χ1n) is 8.77. The summed E-state index contributed by atoms with van der Waals surface area (Å²) in [6, 6.07) is 0. The predicted molar refractivity (Wildman–Crippen MR) is 87.3 cm³/mol. The molecule has 0 radical (unpaired) electrons. The van der Waals surface area contributed by atoms with Gasteiger partial charge in [0.05, 0.1) is 12.5 Å². The van der Waals surface area contributed by atoms with Gasteiger partial charge < -0.3 is 15.4 Å². The molecule has 4 aliphatic carbocycles. The van der Waals surface area contributed by atoms with Crippen LogP contribution in [-0.4, -0.2) is 17.8 Å². The normalized spacial score (nSPS) is 44.9. The average Bonchev–Trinajstić information content (AvgIpc) is 2.57. The zero-order valence-electron chi connectivity index (χ0n) is 13.0. The Kier molecular flexibility index (Phi) is 2.20. The van der Waals surface area contributed by atoms with Crippen LogP contribution >= 0.6 is 0 Å². The Bertz CT molecular complexity index is 714. The van der Waals surface area contributed by atoms with Crippen LogP contribution in [0.5, 0.6) is 0 Å². The Morgan fingerprint density at radius 3 is 2.65 bits per heavy atom. The number of hydrogen-bond donors (Lipinski definition) is 2. The van der Waals surface area contributed by atoms with Crippen LogP contribution in [0.1, 0.15) is 32.1 Å². The highest BCUT2D eigenvalue weighted by Gasteiger charge is 2.58. The molecular weight excluding hydrogens is 288 g/mol. The molecule has 0 amide bonds. The van der Waals surface area contributed by atoms with E-state index in [-0.39, 0.29) is 5.66 Å². The van der Waals surface area contributed by atoms with Crippen molar-refractivity contribution in [1.29, 1.82) is 0 Å². The zero-order chi connectivity index (χ0) is 15.0. The number of nitrogens with one attached hydrogen (secondary N) is 2. The van der Waals surface area contributed by atoms with E-state index >= 15 is 0 Å². The summed E-state index contributed by atoms with van der Waals surface area (Å²) in [4.78, 5) is 9.65. The summed E-state index contributed by atoms with van der Waals surface area (Å²) in [6.07, 6.45) is 14.3. The van der Waals surface area contributed by atoms with Gasteiger partial charge in [-0.05, 0) is 56.1 Å². The first-order valence-corrected chi connectivity index (χ1v) is 8.77. The van der Waals surface area contributed by atoms with Crippen molar-refractivity contribution in [3.63, 3.8) is 0 Å². The van der Waals surface area contributed by atoms with Crippen molar-refractivity contribution < 1.29 is 4.74 Å². The molecule has 118 valence electrons. The standard InChI is InChI=1S/C18H20N4O/c1-2-14-17(23-3-1)21-15-9-19-18(22-16(15)20-14)12-5-10-4-11(7-12)8-13(18)6-10/h1-3,9-13,20,22H,4-8H2.